The lowest BCUT2D eigenvalue weighted by atomic mass is 10.1. The summed E-state index contributed by atoms with van der Waals surface area (Å²) in [5, 5.41) is 8.53. The van der Waals surface area contributed by atoms with Gasteiger partial charge in [-0.1, -0.05) is 146 Å². The second-order valence-electron chi connectivity index (χ2n) is 14.2. The van der Waals surface area contributed by atoms with E-state index in [1.165, 1.54) is 65.5 Å². The first-order chi connectivity index (χ1) is 27.3. The van der Waals surface area contributed by atoms with Crippen LogP contribution in [0.5, 0.6) is 0 Å². The molecular weight excluding hydrogens is 667 g/mol. The first kappa shape index (κ1) is 31.2. The average Bonchev–Trinajstić information content (AvgIpc) is 3.81. The molecule has 3 heteroatoms. The van der Waals surface area contributed by atoms with Crippen molar-refractivity contribution in [1.29, 1.82) is 0 Å². The molecule has 0 amide bonds. The van der Waals surface area contributed by atoms with Crippen molar-refractivity contribution in [3.05, 3.63) is 212 Å². The molecule has 2 aromatic heterocycles. The van der Waals surface area contributed by atoms with Gasteiger partial charge in [0, 0.05) is 44.6 Å². The number of rotatable bonds is 6. The summed E-state index contributed by atoms with van der Waals surface area (Å²) in [6.45, 7) is 0. The molecule has 0 fully saturated rings. The van der Waals surface area contributed by atoms with Crippen molar-refractivity contribution in [2.75, 3.05) is 4.90 Å². The molecule has 9 aromatic carbocycles. The van der Waals surface area contributed by atoms with Gasteiger partial charge in [-0.3, -0.25) is 0 Å². The smallest absolute Gasteiger partial charge is 0.0788 e. The highest BCUT2D eigenvalue weighted by Crippen LogP contribution is 2.43. The third-order valence-corrected chi connectivity index (χ3v) is 11.0. The van der Waals surface area contributed by atoms with E-state index in [0.717, 1.165) is 28.4 Å². The molecule has 3 nitrogen and oxygen atoms in total. The van der Waals surface area contributed by atoms with Gasteiger partial charge in [0.1, 0.15) is 0 Å². The zero-order valence-corrected chi connectivity index (χ0v) is 30.0. The molecule has 55 heavy (non-hydrogen) atoms. The lowest BCUT2D eigenvalue weighted by molar-refractivity contribution is 1.12. The molecular formula is C52H35N3. The Labute approximate surface area is 319 Å². The fourth-order valence-corrected chi connectivity index (χ4v) is 8.52. The molecule has 0 aliphatic rings. The van der Waals surface area contributed by atoms with Gasteiger partial charge in [-0.25, -0.2) is 0 Å². The molecule has 0 aliphatic heterocycles. The van der Waals surface area contributed by atoms with Crippen LogP contribution in [0.15, 0.2) is 212 Å². The minimum atomic E-state index is 1.09. The maximum absolute atomic E-state index is 2.48. The van der Waals surface area contributed by atoms with E-state index in [2.05, 4.69) is 226 Å². The van der Waals surface area contributed by atoms with Crippen molar-refractivity contribution in [1.82, 2.24) is 9.13 Å². The lowest BCUT2D eigenvalue weighted by Gasteiger charge is -2.27. The summed E-state index contributed by atoms with van der Waals surface area (Å²) >= 11 is 0. The Hall–Kier alpha value is -7.36. The Morgan fingerprint density at radius 3 is 1.58 bits per heavy atom. The Morgan fingerprint density at radius 1 is 0.309 bits per heavy atom. The average molecular weight is 702 g/mol. The predicted molar refractivity (Wildman–Crippen MR) is 233 cm³/mol. The van der Waals surface area contributed by atoms with Crippen LogP contribution in [0.1, 0.15) is 0 Å². The van der Waals surface area contributed by atoms with Crippen molar-refractivity contribution in [3.8, 4) is 22.6 Å². The van der Waals surface area contributed by atoms with Crippen LogP contribution in [-0.4, -0.2) is 9.13 Å². The first-order valence-electron chi connectivity index (χ1n) is 18.9. The Bertz CT molecular complexity index is 3130. The maximum Gasteiger partial charge on any atom is 0.0788 e. The van der Waals surface area contributed by atoms with Crippen LogP contribution in [0.25, 0.3) is 76.9 Å². The van der Waals surface area contributed by atoms with Gasteiger partial charge in [0.2, 0.25) is 0 Å². The van der Waals surface area contributed by atoms with Crippen molar-refractivity contribution in [2.24, 2.45) is 0 Å². The number of para-hydroxylation sites is 2. The van der Waals surface area contributed by atoms with Gasteiger partial charge in [0.05, 0.1) is 22.2 Å². The third kappa shape index (κ3) is 5.13. The maximum atomic E-state index is 2.48. The summed E-state index contributed by atoms with van der Waals surface area (Å²) in [4.78, 5) is 2.39. The normalized spacial score (nSPS) is 11.6. The van der Waals surface area contributed by atoms with E-state index in [1.807, 2.05) is 0 Å². The second kappa shape index (κ2) is 12.6. The molecule has 0 N–H and O–H groups in total. The van der Waals surface area contributed by atoms with Gasteiger partial charge in [-0.15, -0.1) is 0 Å². The van der Waals surface area contributed by atoms with Crippen LogP contribution in [0.2, 0.25) is 0 Å². The zero-order chi connectivity index (χ0) is 36.3. The van der Waals surface area contributed by atoms with Crippen molar-refractivity contribution < 1.29 is 0 Å². The molecule has 11 rings (SSSR count). The predicted octanol–water partition coefficient (Wildman–Crippen LogP) is 14.2. The number of fused-ring (bicyclic) bond motifs is 7. The van der Waals surface area contributed by atoms with Gasteiger partial charge in [-0.05, 0) is 93.8 Å². The van der Waals surface area contributed by atoms with Gasteiger partial charge < -0.3 is 14.0 Å². The van der Waals surface area contributed by atoms with Gasteiger partial charge >= 0.3 is 0 Å². The number of nitrogens with zero attached hydrogens (tertiary/aromatic N) is 3. The Morgan fingerprint density at radius 2 is 0.873 bits per heavy atom. The second-order valence-corrected chi connectivity index (χ2v) is 14.2. The molecule has 0 bridgehead atoms. The molecule has 0 aliphatic carbocycles. The summed E-state index contributed by atoms with van der Waals surface area (Å²) in [5.41, 5.74) is 11.4. The van der Waals surface area contributed by atoms with Gasteiger partial charge in [0.25, 0.3) is 0 Å². The van der Waals surface area contributed by atoms with Crippen LogP contribution < -0.4 is 4.90 Å². The summed E-state index contributed by atoms with van der Waals surface area (Å²) < 4.78 is 4.92. The number of hydrogen-bond donors (Lipinski definition) is 0. The Balaban J connectivity index is 1.20. The van der Waals surface area contributed by atoms with E-state index in [9.17, 15) is 0 Å². The topological polar surface area (TPSA) is 13.1 Å². The minimum absolute atomic E-state index is 1.09. The molecule has 0 spiro atoms. The summed E-state index contributed by atoms with van der Waals surface area (Å²) in [7, 11) is 0. The lowest BCUT2D eigenvalue weighted by Crippen LogP contribution is -2.10. The van der Waals surface area contributed by atoms with E-state index in [0.29, 0.717) is 0 Å². The quantitative estimate of drug-likeness (QED) is 0.168. The molecule has 258 valence electrons. The van der Waals surface area contributed by atoms with E-state index in [4.69, 9.17) is 0 Å². The summed E-state index contributed by atoms with van der Waals surface area (Å²) in [6.07, 6.45) is 0. The van der Waals surface area contributed by atoms with E-state index in [1.54, 1.807) is 0 Å². The van der Waals surface area contributed by atoms with E-state index in [-0.39, 0.29) is 0 Å². The summed E-state index contributed by atoms with van der Waals surface area (Å²) in [6, 6.07) is 77.1. The molecule has 2 heterocycles. The van der Waals surface area contributed by atoms with Crippen molar-refractivity contribution >= 4 is 71.3 Å². The number of anilines is 3. The highest BCUT2D eigenvalue weighted by Gasteiger charge is 2.22. The molecule has 11 aromatic rings. The van der Waals surface area contributed by atoms with Crippen LogP contribution in [0, 0.1) is 0 Å². The largest absolute Gasteiger partial charge is 0.310 e. The highest BCUT2D eigenvalue weighted by atomic mass is 15.1. The molecule has 0 unspecified atom stereocenters. The fourth-order valence-electron chi connectivity index (χ4n) is 8.52. The summed E-state index contributed by atoms with van der Waals surface area (Å²) in [5.74, 6) is 0. The zero-order valence-electron chi connectivity index (χ0n) is 30.0. The van der Waals surface area contributed by atoms with Crippen molar-refractivity contribution in [3.63, 3.8) is 0 Å². The van der Waals surface area contributed by atoms with Crippen molar-refractivity contribution in [2.45, 2.75) is 0 Å². The van der Waals surface area contributed by atoms with Gasteiger partial charge in [-0.2, -0.15) is 0 Å². The van der Waals surface area contributed by atoms with Crippen LogP contribution in [-0.2, 0) is 0 Å². The standard InChI is InChI=1S/C52H35N3/c1-3-16-38(17-4-1)50-34-41-28-31-48-47-24-11-12-25-49(47)55(52(48)51(41)54(50)42-20-5-2-6-21-42)44-23-13-22-43(35-44)53(45-29-26-36-14-7-9-18-39(36)32-45)46-30-27-37-15-8-10-19-40(37)33-46/h1-35H. The van der Waals surface area contributed by atoms with Crippen LogP contribution >= 0.6 is 0 Å². The highest BCUT2D eigenvalue weighted by molar-refractivity contribution is 6.19. The van der Waals surface area contributed by atoms with Crippen LogP contribution in [0.3, 0.4) is 0 Å². The number of aromatic nitrogens is 2. The minimum Gasteiger partial charge on any atom is -0.310 e. The molecule has 0 atom stereocenters. The van der Waals surface area contributed by atoms with Crippen LogP contribution in [0.4, 0.5) is 17.1 Å². The third-order valence-electron chi connectivity index (χ3n) is 11.0. The number of benzene rings is 9. The Kier molecular flexibility index (Phi) is 7.17. The SMILES string of the molecule is c1ccc(-c2cc3ccc4c5ccccc5n(-c5cccc(N(c6ccc7ccccc7c6)c6ccc7ccccc7c6)c5)c4c3n2-c2ccccc2)cc1. The van der Waals surface area contributed by atoms with Gasteiger partial charge in [0.15, 0.2) is 0 Å². The molecule has 0 saturated carbocycles. The molecule has 0 radical (unpaired) electrons. The monoisotopic (exact) mass is 701 g/mol. The van der Waals surface area contributed by atoms with E-state index < -0.39 is 0 Å². The van der Waals surface area contributed by atoms with E-state index >= 15 is 0 Å². The fraction of sp³-hybridized carbons (Fsp3) is 0. The molecule has 0 saturated heterocycles. The number of hydrogen-bond acceptors (Lipinski definition) is 1. The first-order valence-corrected chi connectivity index (χ1v) is 18.9.